The molecule has 0 unspecified atom stereocenters. The summed E-state index contributed by atoms with van der Waals surface area (Å²) in [5.74, 6) is 0.753. The molecule has 4 rings (SSSR count). The highest BCUT2D eigenvalue weighted by Gasteiger charge is 2.35. The van der Waals surface area contributed by atoms with Gasteiger partial charge in [0.1, 0.15) is 5.01 Å². The van der Waals surface area contributed by atoms with Crippen LogP contribution in [-0.4, -0.2) is 35.4 Å². The van der Waals surface area contributed by atoms with Gasteiger partial charge in [0.25, 0.3) is 11.8 Å². The largest absolute Gasteiger partial charge is 0.493 e. The number of carbonyl (C=O) groups is 2. The second-order valence-electron chi connectivity index (χ2n) is 6.18. The number of aromatic nitrogens is 1. The summed E-state index contributed by atoms with van der Waals surface area (Å²) in [5.41, 5.74) is 2.44. The fourth-order valence-corrected chi connectivity index (χ4v) is 3.94. The third kappa shape index (κ3) is 3.14. The fourth-order valence-electron chi connectivity index (χ4n) is 3.13. The van der Waals surface area contributed by atoms with Crippen LogP contribution in [0, 0.1) is 0 Å². The zero-order chi connectivity index (χ0) is 19.7. The van der Waals surface area contributed by atoms with Crippen molar-refractivity contribution in [2.75, 3.05) is 13.7 Å². The van der Waals surface area contributed by atoms with Gasteiger partial charge in [-0.1, -0.05) is 12.1 Å². The van der Waals surface area contributed by atoms with Gasteiger partial charge in [-0.05, 0) is 37.3 Å². The lowest BCUT2D eigenvalue weighted by atomic mass is 10.1. The Morgan fingerprint density at radius 1 is 1.04 bits per heavy atom. The molecule has 3 aromatic rings. The highest BCUT2D eigenvalue weighted by molar-refractivity contribution is 7.13. The Morgan fingerprint density at radius 2 is 1.75 bits per heavy atom. The highest BCUT2D eigenvalue weighted by Crippen LogP contribution is 2.34. The number of benzene rings is 2. The standard InChI is InChI=1S/C21H18N2O4S/c1-3-27-17-9-8-13(10-18(17)26-2)19-22-14(12-28-19)11-23-20(24)15-6-4-5-7-16(15)21(23)25/h4-10,12H,3,11H2,1-2H3. The maximum absolute atomic E-state index is 12.5. The normalized spacial score (nSPS) is 13.0. The van der Waals surface area contributed by atoms with Crippen LogP contribution in [0.4, 0.5) is 0 Å². The minimum absolute atomic E-state index is 0.150. The molecular weight excluding hydrogens is 376 g/mol. The summed E-state index contributed by atoms with van der Waals surface area (Å²) in [4.78, 5) is 30.9. The van der Waals surface area contributed by atoms with Gasteiger partial charge in [0, 0.05) is 10.9 Å². The number of hydrogen-bond donors (Lipinski definition) is 0. The van der Waals surface area contributed by atoms with Crippen molar-refractivity contribution in [2.24, 2.45) is 0 Å². The van der Waals surface area contributed by atoms with E-state index in [9.17, 15) is 9.59 Å². The van der Waals surface area contributed by atoms with E-state index in [1.165, 1.54) is 16.2 Å². The van der Waals surface area contributed by atoms with Crippen LogP contribution in [0.2, 0.25) is 0 Å². The van der Waals surface area contributed by atoms with Crippen molar-refractivity contribution in [1.29, 1.82) is 0 Å². The van der Waals surface area contributed by atoms with Crippen LogP contribution in [0.1, 0.15) is 33.3 Å². The molecule has 1 aliphatic rings. The number of amides is 2. The molecule has 0 radical (unpaired) electrons. The van der Waals surface area contributed by atoms with Crippen molar-refractivity contribution in [3.05, 3.63) is 64.7 Å². The molecule has 1 aromatic heterocycles. The Morgan fingerprint density at radius 3 is 2.39 bits per heavy atom. The molecule has 0 aliphatic carbocycles. The summed E-state index contributed by atoms with van der Waals surface area (Å²) >= 11 is 1.45. The van der Waals surface area contributed by atoms with E-state index in [-0.39, 0.29) is 18.4 Å². The third-order valence-corrected chi connectivity index (χ3v) is 5.40. The van der Waals surface area contributed by atoms with Gasteiger partial charge in [0.2, 0.25) is 0 Å². The summed E-state index contributed by atoms with van der Waals surface area (Å²) in [6.07, 6.45) is 0. The molecule has 142 valence electrons. The number of fused-ring (bicyclic) bond motifs is 1. The molecule has 1 aliphatic heterocycles. The molecule has 2 heterocycles. The van der Waals surface area contributed by atoms with Gasteiger partial charge >= 0.3 is 0 Å². The maximum Gasteiger partial charge on any atom is 0.261 e. The SMILES string of the molecule is CCOc1ccc(-c2nc(CN3C(=O)c4ccccc4C3=O)cs2)cc1OC. The molecule has 28 heavy (non-hydrogen) atoms. The maximum atomic E-state index is 12.5. The van der Waals surface area contributed by atoms with Crippen molar-refractivity contribution in [2.45, 2.75) is 13.5 Å². The van der Waals surface area contributed by atoms with Gasteiger partial charge < -0.3 is 9.47 Å². The first kappa shape index (κ1) is 18.2. The second kappa shape index (κ2) is 7.44. The van der Waals surface area contributed by atoms with Gasteiger partial charge in [-0.25, -0.2) is 4.98 Å². The van der Waals surface area contributed by atoms with Crippen LogP contribution < -0.4 is 9.47 Å². The molecule has 2 aromatic carbocycles. The van der Waals surface area contributed by atoms with Crippen molar-refractivity contribution < 1.29 is 19.1 Å². The number of nitrogens with zero attached hydrogens (tertiary/aromatic N) is 2. The van der Waals surface area contributed by atoms with Crippen LogP contribution in [-0.2, 0) is 6.54 Å². The monoisotopic (exact) mass is 394 g/mol. The second-order valence-corrected chi connectivity index (χ2v) is 7.04. The van der Waals surface area contributed by atoms with E-state index in [1.807, 2.05) is 30.5 Å². The molecule has 0 N–H and O–H groups in total. The summed E-state index contributed by atoms with van der Waals surface area (Å²) in [5, 5.41) is 2.65. The molecule has 0 saturated heterocycles. The van der Waals surface area contributed by atoms with Gasteiger partial charge in [-0.3, -0.25) is 14.5 Å². The minimum Gasteiger partial charge on any atom is -0.493 e. The number of ether oxygens (including phenoxy) is 2. The predicted octanol–water partition coefficient (Wildman–Crippen LogP) is 4.01. The number of thiazole rings is 1. The van der Waals surface area contributed by atoms with Crippen LogP contribution in [0.15, 0.2) is 47.8 Å². The number of methoxy groups -OCH3 is 1. The average Bonchev–Trinajstić information content (AvgIpc) is 3.28. The smallest absolute Gasteiger partial charge is 0.261 e. The predicted molar refractivity (Wildman–Crippen MR) is 106 cm³/mol. The molecule has 0 saturated carbocycles. The molecule has 6 nitrogen and oxygen atoms in total. The Hall–Kier alpha value is -3.19. The lowest BCUT2D eigenvalue weighted by molar-refractivity contribution is 0.0640. The Balaban J connectivity index is 1.56. The third-order valence-electron chi connectivity index (χ3n) is 4.46. The minimum atomic E-state index is -0.280. The number of rotatable bonds is 6. The number of hydrogen-bond acceptors (Lipinski definition) is 6. The summed E-state index contributed by atoms with van der Waals surface area (Å²) in [7, 11) is 1.59. The van der Waals surface area contributed by atoms with Crippen molar-refractivity contribution in [1.82, 2.24) is 9.88 Å². The van der Waals surface area contributed by atoms with Crippen LogP contribution in [0.5, 0.6) is 11.5 Å². The summed E-state index contributed by atoms with van der Waals surface area (Å²) < 4.78 is 10.9. The Kier molecular flexibility index (Phi) is 4.83. The van der Waals surface area contributed by atoms with Gasteiger partial charge in [0.15, 0.2) is 11.5 Å². The van der Waals surface area contributed by atoms with Crippen molar-refractivity contribution in [3.63, 3.8) is 0 Å². The molecule has 0 bridgehead atoms. The molecule has 0 fully saturated rings. The summed E-state index contributed by atoms with van der Waals surface area (Å²) in [6, 6.07) is 12.5. The van der Waals surface area contributed by atoms with Crippen molar-refractivity contribution >= 4 is 23.2 Å². The first-order valence-electron chi connectivity index (χ1n) is 8.83. The fraction of sp³-hybridized carbons (Fsp3) is 0.190. The van der Waals surface area contributed by atoms with Gasteiger partial charge in [-0.2, -0.15) is 0 Å². The number of carbonyl (C=O) groups excluding carboxylic acids is 2. The number of imide groups is 1. The van der Waals surface area contributed by atoms with Gasteiger partial charge in [-0.15, -0.1) is 11.3 Å². The van der Waals surface area contributed by atoms with Crippen LogP contribution in [0.25, 0.3) is 10.6 Å². The van der Waals surface area contributed by atoms with Crippen molar-refractivity contribution in [3.8, 4) is 22.1 Å². The Bertz CT molecular complexity index is 1030. The lowest BCUT2D eigenvalue weighted by Crippen LogP contribution is -2.29. The topological polar surface area (TPSA) is 68.7 Å². The highest BCUT2D eigenvalue weighted by atomic mass is 32.1. The van der Waals surface area contributed by atoms with E-state index in [2.05, 4.69) is 4.98 Å². The molecule has 0 spiro atoms. The zero-order valence-electron chi connectivity index (χ0n) is 15.5. The molecule has 0 atom stereocenters. The van der Waals surface area contributed by atoms with E-state index in [0.717, 1.165) is 10.6 Å². The Labute approximate surface area is 166 Å². The quantitative estimate of drug-likeness (QED) is 0.591. The average molecular weight is 394 g/mol. The van der Waals surface area contributed by atoms with Crippen LogP contribution in [0.3, 0.4) is 0 Å². The van der Waals surface area contributed by atoms with Gasteiger partial charge in [0.05, 0.1) is 37.1 Å². The van der Waals surface area contributed by atoms with E-state index in [0.29, 0.717) is 34.9 Å². The summed E-state index contributed by atoms with van der Waals surface area (Å²) in [6.45, 7) is 2.62. The molecular formula is C21H18N2O4S. The first-order valence-corrected chi connectivity index (χ1v) is 9.71. The molecule has 2 amide bonds. The van der Waals surface area contributed by atoms with E-state index < -0.39 is 0 Å². The first-order chi connectivity index (χ1) is 13.6. The van der Waals surface area contributed by atoms with Crippen LogP contribution >= 0.6 is 11.3 Å². The van der Waals surface area contributed by atoms with E-state index in [4.69, 9.17) is 9.47 Å². The lowest BCUT2D eigenvalue weighted by Gasteiger charge is -2.11. The van der Waals surface area contributed by atoms with E-state index >= 15 is 0 Å². The van der Waals surface area contributed by atoms with E-state index in [1.54, 1.807) is 31.4 Å². The zero-order valence-corrected chi connectivity index (χ0v) is 16.3. The molecule has 7 heteroatoms.